The van der Waals surface area contributed by atoms with Crippen LogP contribution in [-0.4, -0.2) is 23.5 Å². The van der Waals surface area contributed by atoms with Gasteiger partial charge in [0.25, 0.3) is 0 Å². The number of fused-ring (bicyclic) bond motifs is 1. The second kappa shape index (κ2) is 5.60. The maximum absolute atomic E-state index is 13.8. The fourth-order valence-electron chi connectivity index (χ4n) is 3.13. The summed E-state index contributed by atoms with van der Waals surface area (Å²) in [5.41, 5.74) is -2.25. The zero-order chi connectivity index (χ0) is 18.5. The van der Waals surface area contributed by atoms with Crippen molar-refractivity contribution in [3.63, 3.8) is 0 Å². The van der Waals surface area contributed by atoms with Crippen LogP contribution in [0, 0.1) is 19.3 Å². The fraction of sp³-hybridized carbons (Fsp3) is 0.556. The summed E-state index contributed by atoms with van der Waals surface area (Å²) in [4.78, 5) is 25.2. The highest BCUT2D eigenvalue weighted by Gasteiger charge is 2.68. The van der Waals surface area contributed by atoms with Gasteiger partial charge in [-0.3, -0.25) is 9.59 Å². The highest BCUT2D eigenvalue weighted by Crippen LogP contribution is 2.49. The zero-order valence-corrected chi connectivity index (χ0v) is 14.4. The Morgan fingerprint density at radius 3 is 2.25 bits per heavy atom. The molecule has 0 aromatic heterocycles. The first kappa shape index (κ1) is 18.5. The SMILES string of the molecule is Cc1cc(C)c2c(c1)C(=O)[C@](C(=O)OC(C)(C)C)(C(F)(F)F)CC2. The number of hydrogen-bond donors (Lipinski definition) is 0. The number of alkyl halides is 3. The number of esters is 1. The first-order valence-electron chi connectivity index (χ1n) is 7.75. The third-order valence-electron chi connectivity index (χ3n) is 4.23. The third-order valence-corrected chi connectivity index (χ3v) is 4.23. The molecule has 0 saturated heterocycles. The minimum Gasteiger partial charge on any atom is -0.459 e. The summed E-state index contributed by atoms with van der Waals surface area (Å²) in [5.74, 6) is -2.73. The molecule has 0 bridgehead atoms. The minimum absolute atomic E-state index is 0.00589. The zero-order valence-electron chi connectivity index (χ0n) is 14.4. The van der Waals surface area contributed by atoms with Crippen LogP contribution in [0.1, 0.15) is 54.2 Å². The average Bonchev–Trinajstić information content (AvgIpc) is 2.36. The van der Waals surface area contributed by atoms with Crippen LogP contribution in [0.25, 0.3) is 0 Å². The quantitative estimate of drug-likeness (QED) is 0.564. The van der Waals surface area contributed by atoms with Crippen LogP contribution in [0.4, 0.5) is 13.2 Å². The van der Waals surface area contributed by atoms with Crippen molar-refractivity contribution in [3.05, 3.63) is 34.4 Å². The molecule has 1 aromatic carbocycles. The monoisotopic (exact) mass is 342 g/mol. The van der Waals surface area contributed by atoms with Gasteiger partial charge in [-0.15, -0.1) is 0 Å². The van der Waals surface area contributed by atoms with Crippen LogP contribution in [0.15, 0.2) is 12.1 Å². The topological polar surface area (TPSA) is 43.4 Å². The number of ether oxygens (including phenoxy) is 1. The molecule has 0 saturated carbocycles. The van der Waals surface area contributed by atoms with E-state index in [1.807, 2.05) is 6.07 Å². The van der Waals surface area contributed by atoms with Crippen molar-refractivity contribution in [3.8, 4) is 0 Å². The molecule has 6 heteroatoms. The van der Waals surface area contributed by atoms with Gasteiger partial charge in [0.15, 0.2) is 5.78 Å². The molecule has 0 amide bonds. The number of aryl methyl sites for hydroxylation is 2. The molecule has 132 valence electrons. The number of carbonyl (C=O) groups is 2. The summed E-state index contributed by atoms with van der Waals surface area (Å²) in [5, 5.41) is 0. The second-order valence-corrected chi connectivity index (χ2v) is 7.34. The van der Waals surface area contributed by atoms with Gasteiger partial charge in [0.2, 0.25) is 5.41 Å². The molecule has 2 rings (SSSR count). The van der Waals surface area contributed by atoms with E-state index in [1.54, 1.807) is 13.8 Å². The molecular weight excluding hydrogens is 321 g/mol. The Balaban J connectivity index is 2.63. The van der Waals surface area contributed by atoms with Gasteiger partial charge in [-0.05, 0) is 64.7 Å². The summed E-state index contributed by atoms with van der Waals surface area (Å²) >= 11 is 0. The Hall–Kier alpha value is -1.85. The number of rotatable bonds is 1. The number of benzene rings is 1. The molecule has 0 N–H and O–H groups in total. The van der Waals surface area contributed by atoms with E-state index in [2.05, 4.69) is 0 Å². The lowest BCUT2D eigenvalue weighted by Gasteiger charge is -2.38. The Labute approximate surface area is 139 Å². The first-order valence-corrected chi connectivity index (χ1v) is 7.75. The van der Waals surface area contributed by atoms with Gasteiger partial charge in [-0.2, -0.15) is 13.2 Å². The number of Topliss-reactive ketones (excluding diaryl/α,β-unsaturated/α-hetero) is 1. The molecule has 1 atom stereocenters. The van der Waals surface area contributed by atoms with Crippen LogP contribution in [-0.2, 0) is 16.0 Å². The van der Waals surface area contributed by atoms with Crippen LogP contribution >= 0.6 is 0 Å². The standard InChI is InChI=1S/C18H21F3O3/c1-10-8-11(2)12-6-7-17(18(19,20)21,14(22)13(12)9-10)15(23)24-16(3,4)5/h8-9H,6-7H2,1-5H3/t17-/m1/s1. The number of hydrogen-bond acceptors (Lipinski definition) is 3. The van der Waals surface area contributed by atoms with E-state index in [1.165, 1.54) is 26.8 Å². The highest BCUT2D eigenvalue weighted by atomic mass is 19.4. The Morgan fingerprint density at radius 2 is 1.75 bits per heavy atom. The molecule has 3 nitrogen and oxygen atoms in total. The lowest BCUT2D eigenvalue weighted by atomic mass is 9.68. The number of halogens is 3. The molecule has 0 heterocycles. The summed E-state index contributed by atoms with van der Waals surface area (Å²) in [7, 11) is 0. The minimum atomic E-state index is -5.01. The summed E-state index contributed by atoms with van der Waals surface area (Å²) < 4.78 is 46.5. The van der Waals surface area contributed by atoms with Crippen LogP contribution in [0.2, 0.25) is 0 Å². The van der Waals surface area contributed by atoms with Gasteiger partial charge in [0.1, 0.15) is 5.60 Å². The molecule has 0 aliphatic heterocycles. The number of carbonyl (C=O) groups excluding carboxylic acids is 2. The van der Waals surface area contributed by atoms with Crippen LogP contribution < -0.4 is 0 Å². The smallest absolute Gasteiger partial charge is 0.412 e. The van der Waals surface area contributed by atoms with Gasteiger partial charge in [0.05, 0.1) is 0 Å². The summed E-state index contributed by atoms with van der Waals surface area (Å²) in [6, 6.07) is 3.24. The first-order chi connectivity index (χ1) is 10.8. The van der Waals surface area contributed by atoms with Crippen molar-refractivity contribution in [2.75, 3.05) is 0 Å². The van der Waals surface area contributed by atoms with Gasteiger partial charge in [-0.1, -0.05) is 11.6 Å². The molecular formula is C18H21F3O3. The predicted molar refractivity (Wildman–Crippen MR) is 82.9 cm³/mol. The van der Waals surface area contributed by atoms with Crippen molar-refractivity contribution >= 4 is 11.8 Å². The van der Waals surface area contributed by atoms with E-state index in [0.717, 1.165) is 5.56 Å². The second-order valence-electron chi connectivity index (χ2n) is 7.34. The molecule has 0 radical (unpaired) electrons. The Bertz CT molecular complexity index is 699. The van der Waals surface area contributed by atoms with Crippen molar-refractivity contribution in [1.82, 2.24) is 0 Å². The van der Waals surface area contributed by atoms with Crippen LogP contribution in [0.5, 0.6) is 0 Å². The van der Waals surface area contributed by atoms with Crippen molar-refractivity contribution in [2.45, 2.75) is 59.2 Å². The van der Waals surface area contributed by atoms with Gasteiger partial charge >= 0.3 is 12.1 Å². The lowest BCUT2D eigenvalue weighted by Crippen LogP contribution is -2.55. The molecule has 24 heavy (non-hydrogen) atoms. The molecule has 1 aliphatic rings. The van der Waals surface area contributed by atoms with Crippen molar-refractivity contribution < 1.29 is 27.5 Å². The summed E-state index contributed by atoms with van der Waals surface area (Å²) in [6.07, 6.45) is -5.63. The number of ketones is 1. The largest absolute Gasteiger partial charge is 0.459 e. The molecule has 0 spiro atoms. The van der Waals surface area contributed by atoms with E-state index in [9.17, 15) is 22.8 Å². The molecule has 1 aromatic rings. The van der Waals surface area contributed by atoms with E-state index in [0.29, 0.717) is 11.1 Å². The van der Waals surface area contributed by atoms with Gasteiger partial charge in [-0.25, -0.2) is 0 Å². The Kier molecular flexibility index (Phi) is 4.32. The maximum Gasteiger partial charge on any atom is 0.412 e. The van der Waals surface area contributed by atoms with E-state index < -0.39 is 35.4 Å². The van der Waals surface area contributed by atoms with E-state index in [4.69, 9.17) is 4.74 Å². The Morgan fingerprint density at radius 1 is 1.17 bits per heavy atom. The highest BCUT2D eigenvalue weighted by molar-refractivity contribution is 6.15. The van der Waals surface area contributed by atoms with Crippen LogP contribution in [0.3, 0.4) is 0 Å². The average molecular weight is 342 g/mol. The van der Waals surface area contributed by atoms with Gasteiger partial charge < -0.3 is 4.74 Å². The van der Waals surface area contributed by atoms with E-state index in [-0.39, 0.29) is 12.0 Å². The van der Waals surface area contributed by atoms with E-state index >= 15 is 0 Å². The predicted octanol–water partition coefficient (Wildman–Crippen LogP) is 4.32. The van der Waals surface area contributed by atoms with Crippen molar-refractivity contribution in [2.24, 2.45) is 5.41 Å². The third kappa shape index (κ3) is 2.94. The molecule has 0 unspecified atom stereocenters. The molecule has 1 aliphatic carbocycles. The maximum atomic E-state index is 13.8. The normalized spacial score (nSPS) is 21.4. The van der Waals surface area contributed by atoms with Crippen molar-refractivity contribution in [1.29, 1.82) is 0 Å². The fourth-order valence-corrected chi connectivity index (χ4v) is 3.13. The van der Waals surface area contributed by atoms with Gasteiger partial charge in [0, 0.05) is 5.56 Å². The summed E-state index contributed by atoms with van der Waals surface area (Å²) in [6.45, 7) is 7.89. The lowest BCUT2D eigenvalue weighted by molar-refractivity contribution is -0.226. The molecule has 0 fully saturated rings.